The van der Waals surface area contributed by atoms with E-state index in [1.54, 1.807) is 0 Å². The van der Waals surface area contributed by atoms with E-state index in [-0.39, 0.29) is 24.8 Å². The molecule has 0 aliphatic carbocycles. The van der Waals surface area contributed by atoms with Gasteiger partial charge in [-0.25, -0.2) is 4.68 Å². The average molecular weight is 378 g/mol. The summed E-state index contributed by atoms with van der Waals surface area (Å²) in [6.45, 7) is 4.16. The summed E-state index contributed by atoms with van der Waals surface area (Å²) < 4.78 is 1.39. The van der Waals surface area contributed by atoms with Crippen molar-refractivity contribution in [2.24, 2.45) is 0 Å². The van der Waals surface area contributed by atoms with Crippen molar-refractivity contribution in [2.75, 3.05) is 11.9 Å². The zero-order valence-electron chi connectivity index (χ0n) is 15.8. The van der Waals surface area contributed by atoms with Gasteiger partial charge in [0.15, 0.2) is 6.04 Å². The van der Waals surface area contributed by atoms with E-state index in [1.807, 2.05) is 62.4 Å². The van der Waals surface area contributed by atoms with Crippen molar-refractivity contribution in [1.82, 2.24) is 25.5 Å². The minimum atomic E-state index is -0.696. The summed E-state index contributed by atoms with van der Waals surface area (Å²) in [4.78, 5) is 24.9. The second kappa shape index (κ2) is 8.90. The van der Waals surface area contributed by atoms with Gasteiger partial charge in [-0.1, -0.05) is 48.0 Å². The topological polar surface area (TPSA) is 102 Å². The van der Waals surface area contributed by atoms with Crippen molar-refractivity contribution >= 4 is 17.5 Å². The highest BCUT2D eigenvalue weighted by Crippen LogP contribution is 2.17. The Bertz CT molecular complexity index is 941. The van der Waals surface area contributed by atoms with Gasteiger partial charge < -0.3 is 10.6 Å². The van der Waals surface area contributed by atoms with Gasteiger partial charge in [0.1, 0.15) is 6.33 Å². The minimum Gasteiger partial charge on any atom is -0.353 e. The maximum Gasteiger partial charge on any atom is 0.249 e. The molecule has 3 rings (SSSR count). The second-order valence-corrected chi connectivity index (χ2v) is 6.51. The molecule has 0 spiro atoms. The molecule has 0 bridgehead atoms. The highest BCUT2D eigenvalue weighted by molar-refractivity contribution is 5.92. The molecule has 1 atom stereocenters. The number of hydrogen-bond donors (Lipinski definition) is 2. The Kier molecular flexibility index (Phi) is 6.11. The first-order valence-electron chi connectivity index (χ1n) is 8.97. The lowest BCUT2D eigenvalue weighted by atomic mass is 10.1. The molecule has 1 aromatic heterocycles. The second-order valence-electron chi connectivity index (χ2n) is 6.51. The molecule has 8 heteroatoms. The number of rotatable bonds is 7. The van der Waals surface area contributed by atoms with Crippen molar-refractivity contribution in [1.29, 1.82) is 0 Å². The average Bonchev–Trinajstić information content (AvgIpc) is 3.19. The molecule has 1 unspecified atom stereocenters. The van der Waals surface area contributed by atoms with Crippen molar-refractivity contribution in [3.63, 3.8) is 0 Å². The van der Waals surface area contributed by atoms with Gasteiger partial charge in [-0.15, -0.1) is 5.10 Å². The Labute approximate surface area is 163 Å². The van der Waals surface area contributed by atoms with Crippen molar-refractivity contribution in [3.8, 4) is 0 Å². The molecule has 2 aromatic carbocycles. The number of aromatic nitrogens is 4. The molecule has 8 nitrogen and oxygen atoms in total. The van der Waals surface area contributed by atoms with Crippen LogP contribution >= 0.6 is 0 Å². The zero-order chi connectivity index (χ0) is 19.9. The van der Waals surface area contributed by atoms with Crippen LogP contribution in [-0.2, 0) is 9.59 Å². The van der Waals surface area contributed by atoms with E-state index >= 15 is 0 Å². The number of nitrogens with zero attached hydrogens (tertiary/aromatic N) is 4. The van der Waals surface area contributed by atoms with Crippen LogP contribution in [0.2, 0.25) is 0 Å². The number of amides is 2. The SMILES string of the molecule is Cc1ccc(NC(=O)CCNC(=O)C(c2ccccc2)n2cnnn2)c(C)c1. The van der Waals surface area contributed by atoms with Crippen LogP contribution < -0.4 is 10.6 Å². The minimum absolute atomic E-state index is 0.161. The third kappa shape index (κ3) is 4.79. The predicted octanol–water partition coefficient (Wildman–Crippen LogP) is 2.02. The fourth-order valence-electron chi connectivity index (χ4n) is 2.91. The van der Waals surface area contributed by atoms with Crippen LogP contribution in [0.5, 0.6) is 0 Å². The van der Waals surface area contributed by atoms with E-state index in [9.17, 15) is 9.59 Å². The molecule has 2 N–H and O–H groups in total. The van der Waals surface area contributed by atoms with Gasteiger partial charge in [-0.3, -0.25) is 9.59 Å². The predicted molar refractivity (Wildman–Crippen MR) is 105 cm³/mol. The first kappa shape index (κ1) is 19.2. The summed E-state index contributed by atoms with van der Waals surface area (Å²) in [6, 6.07) is 14.4. The molecule has 0 saturated carbocycles. The fraction of sp³-hybridized carbons (Fsp3) is 0.250. The van der Waals surface area contributed by atoms with E-state index in [4.69, 9.17) is 0 Å². The number of hydrogen-bond acceptors (Lipinski definition) is 5. The van der Waals surface area contributed by atoms with Crippen molar-refractivity contribution < 1.29 is 9.59 Å². The molecule has 28 heavy (non-hydrogen) atoms. The lowest BCUT2D eigenvalue weighted by Crippen LogP contribution is -2.35. The van der Waals surface area contributed by atoms with Gasteiger partial charge in [0.2, 0.25) is 11.8 Å². The molecule has 0 fully saturated rings. The van der Waals surface area contributed by atoms with Crippen LogP contribution in [0, 0.1) is 13.8 Å². The Hall–Kier alpha value is -3.55. The van der Waals surface area contributed by atoms with E-state index in [2.05, 4.69) is 26.2 Å². The Morgan fingerprint density at radius 2 is 1.89 bits per heavy atom. The van der Waals surface area contributed by atoms with Crippen LogP contribution in [0.25, 0.3) is 0 Å². The number of anilines is 1. The summed E-state index contributed by atoms with van der Waals surface area (Å²) in [5, 5.41) is 16.7. The van der Waals surface area contributed by atoms with Gasteiger partial charge >= 0.3 is 0 Å². The molecule has 0 saturated heterocycles. The molecule has 0 radical (unpaired) electrons. The first-order valence-corrected chi connectivity index (χ1v) is 8.97. The normalized spacial score (nSPS) is 11.6. The van der Waals surface area contributed by atoms with Crippen LogP contribution in [0.3, 0.4) is 0 Å². The van der Waals surface area contributed by atoms with Crippen LogP contribution in [0.1, 0.15) is 29.2 Å². The molecule has 1 heterocycles. The smallest absolute Gasteiger partial charge is 0.249 e. The summed E-state index contributed by atoms with van der Waals surface area (Å²) in [7, 11) is 0. The quantitative estimate of drug-likeness (QED) is 0.655. The lowest BCUT2D eigenvalue weighted by molar-refractivity contribution is -0.123. The molecule has 0 aliphatic rings. The van der Waals surface area contributed by atoms with Crippen LogP contribution in [0.15, 0.2) is 54.9 Å². The van der Waals surface area contributed by atoms with E-state index in [0.717, 1.165) is 22.4 Å². The van der Waals surface area contributed by atoms with E-state index in [0.29, 0.717) is 0 Å². The summed E-state index contributed by atoms with van der Waals surface area (Å²) in [6.07, 6.45) is 1.56. The van der Waals surface area contributed by atoms with Gasteiger partial charge in [-0.05, 0) is 41.5 Å². The number of benzene rings is 2. The van der Waals surface area contributed by atoms with Crippen LogP contribution in [0.4, 0.5) is 5.69 Å². The molecule has 3 aromatic rings. The highest BCUT2D eigenvalue weighted by atomic mass is 16.2. The molecular formula is C20H22N6O2. The Morgan fingerprint density at radius 1 is 1.11 bits per heavy atom. The monoisotopic (exact) mass is 378 g/mol. The maximum atomic E-state index is 12.7. The first-order chi connectivity index (χ1) is 13.5. The third-order valence-electron chi connectivity index (χ3n) is 4.30. The summed E-state index contributed by atoms with van der Waals surface area (Å²) >= 11 is 0. The molecular weight excluding hydrogens is 356 g/mol. The lowest BCUT2D eigenvalue weighted by Gasteiger charge is -2.16. The zero-order valence-corrected chi connectivity index (χ0v) is 15.8. The van der Waals surface area contributed by atoms with Crippen molar-refractivity contribution in [2.45, 2.75) is 26.3 Å². The number of aryl methyl sites for hydroxylation is 2. The maximum absolute atomic E-state index is 12.7. The molecule has 0 aliphatic heterocycles. The summed E-state index contributed by atoms with van der Waals surface area (Å²) in [5.41, 5.74) is 3.67. The van der Waals surface area contributed by atoms with Gasteiger partial charge in [0.25, 0.3) is 0 Å². The number of carbonyl (C=O) groups is 2. The Balaban J connectivity index is 1.58. The Morgan fingerprint density at radius 3 is 2.57 bits per heavy atom. The fourth-order valence-corrected chi connectivity index (χ4v) is 2.91. The van der Waals surface area contributed by atoms with Gasteiger partial charge in [0, 0.05) is 18.7 Å². The van der Waals surface area contributed by atoms with E-state index in [1.165, 1.54) is 11.0 Å². The highest BCUT2D eigenvalue weighted by Gasteiger charge is 2.23. The number of carbonyl (C=O) groups excluding carboxylic acids is 2. The van der Waals surface area contributed by atoms with Crippen molar-refractivity contribution in [3.05, 3.63) is 71.5 Å². The largest absolute Gasteiger partial charge is 0.353 e. The van der Waals surface area contributed by atoms with E-state index < -0.39 is 6.04 Å². The van der Waals surface area contributed by atoms with Gasteiger partial charge in [-0.2, -0.15) is 0 Å². The van der Waals surface area contributed by atoms with Gasteiger partial charge in [0.05, 0.1) is 0 Å². The third-order valence-corrected chi connectivity index (χ3v) is 4.30. The number of nitrogens with one attached hydrogen (secondary N) is 2. The standard InChI is InChI=1S/C20H22N6O2/c1-14-8-9-17(15(2)12-14)23-18(27)10-11-21-20(28)19(26-13-22-24-25-26)16-6-4-3-5-7-16/h3-9,12-13,19H,10-11H2,1-2H3,(H,21,28)(H,23,27). The number of tetrazole rings is 1. The van der Waals surface area contributed by atoms with Crippen LogP contribution in [-0.4, -0.2) is 38.6 Å². The molecule has 144 valence electrons. The summed E-state index contributed by atoms with van der Waals surface area (Å²) in [5.74, 6) is -0.441. The molecule has 2 amide bonds.